The molecule has 20 heavy (non-hydrogen) atoms. The largest absolute Gasteiger partial charge is 0.481 e. The molecule has 4 nitrogen and oxygen atoms in total. The van der Waals surface area contributed by atoms with E-state index in [9.17, 15) is 4.79 Å². The zero-order chi connectivity index (χ0) is 13.9. The van der Waals surface area contributed by atoms with E-state index in [4.69, 9.17) is 9.84 Å². The van der Waals surface area contributed by atoms with Crippen LogP contribution in [0.1, 0.15) is 36.4 Å². The number of carboxylic acids is 1. The van der Waals surface area contributed by atoms with Crippen molar-refractivity contribution in [2.24, 2.45) is 5.92 Å². The fourth-order valence-corrected chi connectivity index (χ4v) is 3.46. The van der Waals surface area contributed by atoms with Gasteiger partial charge in [0.25, 0.3) is 0 Å². The minimum absolute atomic E-state index is 0.273. The molecular weight excluding hydrogens is 254 g/mol. The van der Waals surface area contributed by atoms with Gasteiger partial charge in [-0.3, -0.25) is 9.69 Å². The number of piperidine rings is 1. The summed E-state index contributed by atoms with van der Waals surface area (Å²) in [4.78, 5) is 13.3. The quantitative estimate of drug-likeness (QED) is 0.920. The molecule has 0 radical (unpaired) electrons. The molecule has 2 unspecified atom stereocenters. The second-order valence-electron chi connectivity index (χ2n) is 5.83. The van der Waals surface area contributed by atoms with Crippen molar-refractivity contribution in [2.75, 3.05) is 19.7 Å². The number of carboxylic acid groups (broad SMARTS) is 1. The summed E-state index contributed by atoms with van der Waals surface area (Å²) < 4.78 is 5.72. The summed E-state index contributed by atoms with van der Waals surface area (Å²) in [6.07, 6.45) is 2.39. The molecule has 0 spiro atoms. The van der Waals surface area contributed by atoms with Crippen molar-refractivity contribution >= 4 is 5.97 Å². The second kappa shape index (κ2) is 5.94. The summed E-state index contributed by atoms with van der Waals surface area (Å²) in [6, 6.07) is 8.73. The smallest absolute Gasteiger partial charge is 0.303 e. The SMILES string of the molecule is O=C(O)CC1CCCN(C2COCc3ccccc32)C1. The summed E-state index contributed by atoms with van der Waals surface area (Å²) in [6.45, 7) is 3.32. The summed E-state index contributed by atoms with van der Waals surface area (Å²) in [7, 11) is 0. The molecule has 0 amide bonds. The molecule has 1 aromatic carbocycles. The van der Waals surface area contributed by atoms with Gasteiger partial charge in [-0.05, 0) is 36.4 Å². The third-order valence-corrected chi connectivity index (χ3v) is 4.40. The van der Waals surface area contributed by atoms with Crippen LogP contribution in [0.2, 0.25) is 0 Å². The number of aliphatic carboxylic acids is 1. The van der Waals surface area contributed by atoms with E-state index in [-0.39, 0.29) is 18.4 Å². The molecule has 108 valence electrons. The highest BCUT2D eigenvalue weighted by molar-refractivity contribution is 5.67. The molecule has 1 N–H and O–H groups in total. The van der Waals surface area contributed by atoms with Gasteiger partial charge in [-0.15, -0.1) is 0 Å². The number of carbonyl (C=O) groups is 1. The molecule has 0 saturated carbocycles. The Balaban J connectivity index is 1.74. The van der Waals surface area contributed by atoms with Gasteiger partial charge >= 0.3 is 5.97 Å². The maximum Gasteiger partial charge on any atom is 0.303 e. The molecule has 1 fully saturated rings. The van der Waals surface area contributed by atoms with E-state index in [0.29, 0.717) is 6.61 Å². The standard InChI is InChI=1S/C16H21NO3/c18-16(19)8-12-4-3-7-17(9-12)15-11-20-10-13-5-1-2-6-14(13)15/h1-2,5-6,12,15H,3-4,7-11H2,(H,18,19). The molecule has 0 aliphatic carbocycles. The highest BCUT2D eigenvalue weighted by Crippen LogP contribution is 2.33. The predicted molar refractivity (Wildman–Crippen MR) is 75.4 cm³/mol. The monoisotopic (exact) mass is 275 g/mol. The average molecular weight is 275 g/mol. The number of hydrogen-bond acceptors (Lipinski definition) is 3. The van der Waals surface area contributed by atoms with Crippen molar-refractivity contribution in [3.8, 4) is 0 Å². The lowest BCUT2D eigenvalue weighted by molar-refractivity contribution is -0.138. The van der Waals surface area contributed by atoms with Crippen molar-refractivity contribution in [2.45, 2.75) is 31.9 Å². The predicted octanol–water partition coefficient (Wildman–Crippen LogP) is 2.44. The lowest BCUT2D eigenvalue weighted by Gasteiger charge is -2.40. The molecule has 0 aromatic heterocycles. The molecule has 3 rings (SSSR count). The van der Waals surface area contributed by atoms with Crippen LogP contribution in [0.5, 0.6) is 0 Å². The van der Waals surface area contributed by atoms with Crippen LogP contribution in [0.25, 0.3) is 0 Å². The summed E-state index contributed by atoms with van der Waals surface area (Å²) in [5, 5.41) is 8.98. The van der Waals surface area contributed by atoms with E-state index in [2.05, 4.69) is 23.1 Å². The minimum Gasteiger partial charge on any atom is -0.481 e. The first-order valence-corrected chi connectivity index (χ1v) is 7.35. The number of fused-ring (bicyclic) bond motifs is 1. The third-order valence-electron chi connectivity index (χ3n) is 4.40. The molecule has 2 heterocycles. The summed E-state index contributed by atoms with van der Waals surface area (Å²) in [5.41, 5.74) is 2.62. The lowest BCUT2D eigenvalue weighted by Crippen LogP contribution is -2.42. The van der Waals surface area contributed by atoms with Crippen molar-refractivity contribution in [3.05, 3.63) is 35.4 Å². The number of rotatable bonds is 3. The van der Waals surface area contributed by atoms with Crippen molar-refractivity contribution in [1.29, 1.82) is 0 Å². The maximum atomic E-state index is 10.9. The first-order chi connectivity index (χ1) is 9.74. The average Bonchev–Trinajstić information content (AvgIpc) is 2.46. The van der Waals surface area contributed by atoms with E-state index in [1.165, 1.54) is 11.1 Å². The van der Waals surface area contributed by atoms with E-state index < -0.39 is 5.97 Å². The molecular formula is C16H21NO3. The van der Waals surface area contributed by atoms with Gasteiger partial charge in [0, 0.05) is 13.0 Å². The van der Waals surface area contributed by atoms with Crippen LogP contribution in [0.15, 0.2) is 24.3 Å². The van der Waals surface area contributed by atoms with E-state index in [1.807, 2.05) is 6.07 Å². The van der Waals surface area contributed by atoms with Gasteiger partial charge < -0.3 is 9.84 Å². The van der Waals surface area contributed by atoms with Gasteiger partial charge in [-0.1, -0.05) is 24.3 Å². The van der Waals surface area contributed by atoms with Crippen LogP contribution >= 0.6 is 0 Å². The van der Waals surface area contributed by atoms with Crippen LogP contribution in [-0.2, 0) is 16.1 Å². The Hall–Kier alpha value is -1.39. The maximum absolute atomic E-state index is 10.9. The van der Waals surface area contributed by atoms with Crippen molar-refractivity contribution in [3.63, 3.8) is 0 Å². The number of nitrogens with zero attached hydrogens (tertiary/aromatic N) is 1. The number of benzene rings is 1. The van der Waals surface area contributed by atoms with E-state index in [0.717, 1.165) is 32.5 Å². The minimum atomic E-state index is -0.683. The fraction of sp³-hybridized carbons (Fsp3) is 0.562. The van der Waals surface area contributed by atoms with Crippen LogP contribution in [0.3, 0.4) is 0 Å². The van der Waals surface area contributed by atoms with Gasteiger partial charge in [-0.2, -0.15) is 0 Å². The zero-order valence-electron chi connectivity index (χ0n) is 11.6. The Morgan fingerprint density at radius 3 is 3.10 bits per heavy atom. The van der Waals surface area contributed by atoms with Gasteiger partial charge in [0.05, 0.1) is 19.3 Å². The Morgan fingerprint density at radius 1 is 1.40 bits per heavy atom. The second-order valence-corrected chi connectivity index (χ2v) is 5.83. The fourth-order valence-electron chi connectivity index (χ4n) is 3.46. The molecule has 1 aromatic rings. The van der Waals surface area contributed by atoms with Crippen LogP contribution in [-0.4, -0.2) is 35.7 Å². The molecule has 4 heteroatoms. The Kier molecular flexibility index (Phi) is 4.03. The Labute approximate surface area is 119 Å². The van der Waals surface area contributed by atoms with Gasteiger partial charge in [0.1, 0.15) is 0 Å². The Morgan fingerprint density at radius 2 is 2.25 bits per heavy atom. The number of hydrogen-bond donors (Lipinski definition) is 1. The molecule has 1 saturated heterocycles. The van der Waals surface area contributed by atoms with Gasteiger partial charge in [0.15, 0.2) is 0 Å². The highest BCUT2D eigenvalue weighted by atomic mass is 16.5. The Bertz CT molecular complexity index is 488. The highest BCUT2D eigenvalue weighted by Gasteiger charge is 2.30. The third kappa shape index (κ3) is 2.86. The topological polar surface area (TPSA) is 49.8 Å². The van der Waals surface area contributed by atoms with Gasteiger partial charge in [0.2, 0.25) is 0 Å². The van der Waals surface area contributed by atoms with Gasteiger partial charge in [-0.25, -0.2) is 0 Å². The van der Waals surface area contributed by atoms with Crippen LogP contribution in [0.4, 0.5) is 0 Å². The molecule has 0 bridgehead atoms. The van der Waals surface area contributed by atoms with Crippen LogP contribution < -0.4 is 0 Å². The summed E-state index contributed by atoms with van der Waals surface area (Å²) in [5.74, 6) is -0.410. The zero-order valence-corrected chi connectivity index (χ0v) is 11.6. The first kappa shape index (κ1) is 13.6. The van der Waals surface area contributed by atoms with Crippen LogP contribution in [0, 0.1) is 5.92 Å². The van der Waals surface area contributed by atoms with Crippen molar-refractivity contribution in [1.82, 2.24) is 4.90 Å². The first-order valence-electron chi connectivity index (χ1n) is 7.35. The molecule has 2 atom stereocenters. The van der Waals surface area contributed by atoms with Crippen molar-refractivity contribution < 1.29 is 14.6 Å². The normalized spacial score (nSPS) is 27.0. The number of ether oxygens (including phenoxy) is 1. The molecule has 2 aliphatic heterocycles. The summed E-state index contributed by atoms with van der Waals surface area (Å²) >= 11 is 0. The van der Waals surface area contributed by atoms with E-state index in [1.54, 1.807) is 0 Å². The van der Waals surface area contributed by atoms with E-state index >= 15 is 0 Å². The number of likely N-dealkylation sites (tertiary alicyclic amines) is 1. The lowest BCUT2D eigenvalue weighted by atomic mass is 9.91. The molecule has 2 aliphatic rings.